The van der Waals surface area contributed by atoms with Crippen LogP contribution in [0.4, 0.5) is 0 Å². The van der Waals surface area contributed by atoms with Crippen molar-refractivity contribution < 1.29 is 36.1 Å². The normalized spacial score (nSPS) is 17.5. The van der Waals surface area contributed by atoms with E-state index in [4.69, 9.17) is 14.9 Å². The second-order valence-corrected chi connectivity index (χ2v) is 8.52. The average molecular weight is 443 g/mol. The molecule has 14 heteroatoms. The molecule has 3 rings (SSSR count). The van der Waals surface area contributed by atoms with Gasteiger partial charge in [0.15, 0.2) is 0 Å². The van der Waals surface area contributed by atoms with Crippen LogP contribution in [-0.2, 0) is 24.6 Å². The maximum atomic E-state index is 11.1. The fourth-order valence-corrected chi connectivity index (χ4v) is 3.99. The number of phenolic OH excluding ortho intramolecular Hbond substituents is 1. The van der Waals surface area contributed by atoms with E-state index in [-0.39, 0.29) is 0 Å². The molecule has 0 radical (unpaired) electrons. The van der Waals surface area contributed by atoms with Crippen molar-refractivity contribution in [2.45, 2.75) is 9.79 Å². The quantitative estimate of drug-likeness (QED) is 0.158. The topological polar surface area (TPSA) is 186 Å². The lowest BCUT2D eigenvalue weighted by Crippen LogP contribution is -2.39. The minimum Gasteiger partial charge on any atom is -0.508 e. The molecule has 28 heavy (non-hydrogen) atoms. The third-order valence-corrected chi connectivity index (χ3v) is 5.60. The molecule has 0 saturated carbocycles. The summed E-state index contributed by atoms with van der Waals surface area (Å²) in [5.41, 5.74) is 0. The molecule has 0 unspecified atom stereocenters. The Labute approximate surface area is 164 Å². The van der Waals surface area contributed by atoms with Gasteiger partial charge < -0.3 is 26.4 Å². The van der Waals surface area contributed by atoms with Crippen LogP contribution in [-0.4, -0.2) is 84.1 Å². The number of rotatable bonds is 3. The highest BCUT2D eigenvalue weighted by atomic mass is 32.2. The number of phenols is 1. The number of nitrogens with one attached hydrogen (secondary N) is 4. The lowest BCUT2D eigenvalue weighted by molar-refractivity contribution is -0.130. The van der Waals surface area contributed by atoms with Gasteiger partial charge in [0.25, 0.3) is 10.1 Å². The Morgan fingerprint density at radius 1 is 0.750 bits per heavy atom. The zero-order valence-electron chi connectivity index (χ0n) is 15.1. The number of benzene rings is 1. The zero-order chi connectivity index (χ0) is 21.0. The number of hydrogen-bond acceptors (Lipinski definition) is 11. The Morgan fingerprint density at radius 3 is 1.43 bits per heavy atom. The van der Waals surface area contributed by atoms with E-state index in [9.17, 15) is 16.8 Å². The molecule has 0 spiro atoms. The Balaban J connectivity index is 0.000000263. The van der Waals surface area contributed by atoms with Gasteiger partial charge in [-0.15, -0.1) is 4.33 Å². The van der Waals surface area contributed by atoms with Gasteiger partial charge in [0.1, 0.15) is 15.5 Å². The smallest absolute Gasteiger partial charge is 0.324 e. The van der Waals surface area contributed by atoms with Crippen molar-refractivity contribution in [3.8, 4) is 5.75 Å². The molecule has 0 aromatic heterocycles. The monoisotopic (exact) mass is 442 g/mol. The summed E-state index contributed by atoms with van der Waals surface area (Å²) in [4.78, 5) is -2.09. The van der Waals surface area contributed by atoms with Crippen molar-refractivity contribution >= 4 is 20.2 Å². The minimum atomic E-state index is -4.88. The van der Waals surface area contributed by atoms with E-state index in [2.05, 4.69) is 25.6 Å². The van der Waals surface area contributed by atoms with Crippen LogP contribution in [0.5, 0.6) is 5.75 Å². The Bertz CT molecular complexity index is 759. The predicted molar refractivity (Wildman–Crippen MR) is 100 cm³/mol. The zero-order valence-corrected chi connectivity index (χ0v) is 16.7. The van der Waals surface area contributed by atoms with Crippen molar-refractivity contribution in [3.05, 3.63) is 18.2 Å². The minimum absolute atomic E-state index is 0.501. The highest BCUT2D eigenvalue weighted by Crippen LogP contribution is 2.25. The summed E-state index contributed by atoms with van der Waals surface area (Å²) in [5, 5.41) is 29.9. The number of aromatic hydroxyl groups is 1. The van der Waals surface area contributed by atoms with Crippen LogP contribution in [0.2, 0.25) is 0 Å². The molecule has 162 valence electrons. The van der Waals surface area contributed by atoms with Crippen molar-refractivity contribution in [3.63, 3.8) is 0 Å². The standard InChI is InChI=1S/C6H6O8S2.2C4H10N2/c7-4-1-2-5(16(12,13)14-8)6(3-4)15(9,10)11;2*1-2-6-4-3-5-1/h1-3,7-8H,(H,9,10,11);2*5-6H,1-4H2. The van der Waals surface area contributed by atoms with Gasteiger partial charge in [-0.3, -0.25) is 4.55 Å². The largest absolute Gasteiger partial charge is 0.508 e. The lowest BCUT2D eigenvalue weighted by atomic mass is 10.3. The van der Waals surface area contributed by atoms with Gasteiger partial charge in [0.05, 0.1) is 0 Å². The van der Waals surface area contributed by atoms with Gasteiger partial charge >= 0.3 is 10.1 Å². The summed E-state index contributed by atoms with van der Waals surface area (Å²) in [6.07, 6.45) is 0. The van der Waals surface area contributed by atoms with E-state index in [1.807, 2.05) is 0 Å². The van der Waals surface area contributed by atoms with Crippen LogP contribution in [0.25, 0.3) is 0 Å². The third kappa shape index (κ3) is 9.22. The Kier molecular flexibility index (Phi) is 10.8. The maximum Gasteiger partial charge on any atom is 0.324 e. The van der Waals surface area contributed by atoms with Crippen LogP contribution >= 0.6 is 0 Å². The van der Waals surface area contributed by atoms with Crippen LogP contribution in [0.3, 0.4) is 0 Å². The first-order chi connectivity index (χ1) is 13.2. The van der Waals surface area contributed by atoms with Crippen LogP contribution in [0, 0.1) is 0 Å². The van der Waals surface area contributed by atoms with Crippen molar-refractivity contribution in [1.82, 2.24) is 21.3 Å². The molecule has 0 amide bonds. The van der Waals surface area contributed by atoms with Crippen molar-refractivity contribution in [2.75, 3.05) is 52.4 Å². The van der Waals surface area contributed by atoms with E-state index in [0.29, 0.717) is 12.1 Å². The van der Waals surface area contributed by atoms with Crippen molar-refractivity contribution in [2.24, 2.45) is 0 Å². The molecule has 1 aromatic carbocycles. The first-order valence-corrected chi connectivity index (χ1v) is 11.2. The SMILES string of the molecule is C1CNCCN1.C1CNCCN1.O=S(=O)(O)c1cc(O)ccc1S(=O)(=O)OO. The summed E-state index contributed by atoms with van der Waals surface area (Å²) in [5.74, 6) is -0.579. The van der Waals surface area contributed by atoms with Gasteiger partial charge in [-0.2, -0.15) is 16.8 Å². The van der Waals surface area contributed by atoms with Crippen LogP contribution < -0.4 is 21.3 Å². The van der Waals surface area contributed by atoms with Gasteiger partial charge in [-0.05, 0) is 12.1 Å². The van der Waals surface area contributed by atoms with E-state index < -0.39 is 35.8 Å². The molecule has 1 aromatic rings. The molecule has 2 heterocycles. The molecule has 7 N–H and O–H groups in total. The van der Waals surface area contributed by atoms with E-state index >= 15 is 0 Å². The van der Waals surface area contributed by atoms with Crippen LogP contribution in [0.15, 0.2) is 28.0 Å². The molecule has 0 aliphatic carbocycles. The molecular weight excluding hydrogens is 416 g/mol. The van der Waals surface area contributed by atoms with Gasteiger partial charge in [0, 0.05) is 58.4 Å². The first-order valence-electron chi connectivity index (χ1n) is 8.40. The van der Waals surface area contributed by atoms with Crippen LogP contribution in [0.1, 0.15) is 0 Å². The highest BCUT2D eigenvalue weighted by Gasteiger charge is 2.26. The average Bonchev–Trinajstić information content (AvgIpc) is 2.71. The summed E-state index contributed by atoms with van der Waals surface area (Å²) in [6, 6.07) is 2.01. The summed E-state index contributed by atoms with van der Waals surface area (Å²) >= 11 is 0. The fraction of sp³-hybridized carbons (Fsp3) is 0.571. The van der Waals surface area contributed by atoms with Crippen molar-refractivity contribution in [1.29, 1.82) is 0 Å². The number of hydrogen-bond donors (Lipinski definition) is 7. The van der Waals surface area contributed by atoms with E-state index in [1.54, 1.807) is 0 Å². The van der Waals surface area contributed by atoms with Gasteiger partial charge in [-0.1, -0.05) is 0 Å². The first kappa shape index (κ1) is 24.7. The second kappa shape index (κ2) is 12.3. The lowest BCUT2D eigenvalue weighted by Gasteiger charge is -2.11. The summed E-state index contributed by atoms with van der Waals surface area (Å²) < 4.78 is 55.6. The predicted octanol–water partition coefficient (Wildman–Crippen LogP) is -1.82. The highest BCUT2D eigenvalue weighted by molar-refractivity contribution is 7.89. The molecule has 0 bridgehead atoms. The van der Waals surface area contributed by atoms with Gasteiger partial charge in [-0.25, -0.2) is 5.26 Å². The maximum absolute atomic E-state index is 11.1. The molecule has 0 atom stereocenters. The fourth-order valence-electron chi connectivity index (χ4n) is 2.15. The third-order valence-electron chi connectivity index (χ3n) is 3.49. The summed E-state index contributed by atoms with van der Waals surface area (Å²) in [6.45, 7) is 9.11. The molecule has 12 nitrogen and oxygen atoms in total. The van der Waals surface area contributed by atoms with Gasteiger partial charge in [0.2, 0.25) is 0 Å². The second-order valence-electron chi connectivity index (χ2n) is 5.63. The van der Waals surface area contributed by atoms with E-state index in [1.165, 1.54) is 0 Å². The Hall–Kier alpha value is -1.36. The Morgan fingerprint density at radius 2 is 1.14 bits per heavy atom. The molecular formula is C14H26N4O8S2. The molecule has 2 fully saturated rings. The number of piperazine rings is 2. The van der Waals surface area contributed by atoms with E-state index in [0.717, 1.165) is 58.4 Å². The molecule has 2 saturated heterocycles. The molecule has 2 aliphatic heterocycles. The molecule has 2 aliphatic rings. The summed E-state index contributed by atoms with van der Waals surface area (Å²) in [7, 11) is -9.60.